The van der Waals surface area contributed by atoms with Gasteiger partial charge in [-0.25, -0.2) is 0 Å². The van der Waals surface area contributed by atoms with Crippen LogP contribution in [0.3, 0.4) is 0 Å². The quantitative estimate of drug-likeness (QED) is 0.763. The van der Waals surface area contributed by atoms with Crippen LogP contribution in [0.5, 0.6) is 0 Å². The van der Waals surface area contributed by atoms with E-state index in [2.05, 4.69) is 4.74 Å². The highest BCUT2D eigenvalue weighted by molar-refractivity contribution is 5.83. The molecule has 0 fully saturated rings. The lowest BCUT2D eigenvalue weighted by Crippen LogP contribution is -2.41. The molecule has 0 saturated heterocycles. The summed E-state index contributed by atoms with van der Waals surface area (Å²) in [5.41, 5.74) is 2.08. The molecule has 0 N–H and O–H groups in total. The van der Waals surface area contributed by atoms with Gasteiger partial charge in [0.25, 0.3) is 0 Å². The molecule has 1 amide bonds. The number of methoxy groups -OCH3 is 1. The molecule has 0 aromatic heterocycles. The fraction of sp³-hybridized carbons (Fsp3) is 0.467. The van der Waals surface area contributed by atoms with E-state index < -0.39 is 5.97 Å². The predicted molar refractivity (Wildman–Crippen MR) is 73.7 cm³/mol. The number of esters is 1. The van der Waals surface area contributed by atoms with Crippen LogP contribution >= 0.6 is 0 Å². The molecule has 0 aliphatic carbocycles. The van der Waals surface area contributed by atoms with E-state index >= 15 is 0 Å². The van der Waals surface area contributed by atoms with E-state index in [1.807, 2.05) is 45.0 Å². The summed E-state index contributed by atoms with van der Waals surface area (Å²) in [5.74, 6) is -0.461. The zero-order valence-electron chi connectivity index (χ0n) is 12.0. The maximum atomic E-state index is 12.2. The molecule has 0 bridgehead atoms. The third-order valence-corrected chi connectivity index (χ3v) is 2.91. The van der Waals surface area contributed by atoms with Crippen molar-refractivity contribution in [1.29, 1.82) is 0 Å². The van der Waals surface area contributed by atoms with E-state index in [4.69, 9.17) is 0 Å². The minimum absolute atomic E-state index is 0.00117. The zero-order valence-corrected chi connectivity index (χ0v) is 12.0. The van der Waals surface area contributed by atoms with Crippen molar-refractivity contribution in [1.82, 2.24) is 4.90 Å². The zero-order chi connectivity index (χ0) is 14.4. The van der Waals surface area contributed by atoms with E-state index in [-0.39, 0.29) is 18.5 Å². The standard InChI is InChI=1S/C15H21NO3/c1-11(2)16(10-15(18)19-4)14(17)9-13-7-5-6-12(3)8-13/h5-8,11H,9-10H2,1-4H3. The predicted octanol–water partition coefficient (Wildman–Crippen LogP) is 1.95. The van der Waals surface area contributed by atoms with Crippen molar-refractivity contribution in [3.05, 3.63) is 35.4 Å². The average Bonchev–Trinajstić information content (AvgIpc) is 2.35. The topological polar surface area (TPSA) is 46.6 Å². The van der Waals surface area contributed by atoms with Gasteiger partial charge < -0.3 is 9.64 Å². The number of hydrogen-bond acceptors (Lipinski definition) is 3. The second kappa shape index (κ2) is 6.92. The van der Waals surface area contributed by atoms with Crippen LogP contribution in [-0.4, -0.2) is 36.5 Å². The highest BCUT2D eigenvalue weighted by atomic mass is 16.5. The monoisotopic (exact) mass is 263 g/mol. The molecule has 19 heavy (non-hydrogen) atoms. The fourth-order valence-electron chi connectivity index (χ4n) is 1.86. The SMILES string of the molecule is COC(=O)CN(C(=O)Cc1cccc(C)c1)C(C)C. The number of nitrogens with zero attached hydrogens (tertiary/aromatic N) is 1. The van der Waals surface area contributed by atoms with E-state index in [1.54, 1.807) is 0 Å². The molecule has 0 saturated carbocycles. The summed E-state index contributed by atoms with van der Waals surface area (Å²) >= 11 is 0. The molecule has 1 aromatic rings. The number of carbonyl (C=O) groups excluding carboxylic acids is 2. The fourth-order valence-corrected chi connectivity index (χ4v) is 1.86. The maximum Gasteiger partial charge on any atom is 0.325 e. The third kappa shape index (κ3) is 4.73. The van der Waals surface area contributed by atoms with E-state index in [9.17, 15) is 9.59 Å². The second-order valence-electron chi connectivity index (χ2n) is 4.86. The molecule has 1 aromatic carbocycles. The van der Waals surface area contributed by atoms with Gasteiger partial charge in [-0.05, 0) is 26.3 Å². The molecule has 0 radical (unpaired) electrons. The Bertz CT molecular complexity index is 454. The van der Waals surface area contributed by atoms with Crippen molar-refractivity contribution in [3.8, 4) is 0 Å². The Morgan fingerprint density at radius 2 is 2.00 bits per heavy atom. The van der Waals surface area contributed by atoms with Crippen molar-refractivity contribution >= 4 is 11.9 Å². The first kappa shape index (κ1) is 15.2. The molecule has 4 heteroatoms. The van der Waals surface area contributed by atoms with Gasteiger partial charge in [-0.3, -0.25) is 9.59 Å². The van der Waals surface area contributed by atoms with Crippen LogP contribution in [0, 0.1) is 6.92 Å². The minimum Gasteiger partial charge on any atom is -0.468 e. The molecule has 4 nitrogen and oxygen atoms in total. The van der Waals surface area contributed by atoms with Gasteiger partial charge in [0, 0.05) is 6.04 Å². The Labute approximate surface area is 114 Å². The molecule has 104 valence electrons. The molecule has 1 rings (SSSR count). The Hall–Kier alpha value is -1.84. The Balaban J connectivity index is 2.75. The normalized spacial score (nSPS) is 10.4. The number of carbonyl (C=O) groups is 2. The summed E-state index contributed by atoms with van der Waals surface area (Å²) in [6, 6.07) is 7.79. The van der Waals surface area contributed by atoms with Gasteiger partial charge in [-0.2, -0.15) is 0 Å². The number of hydrogen-bond donors (Lipinski definition) is 0. The summed E-state index contributed by atoms with van der Waals surface area (Å²) in [7, 11) is 1.33. The van der Waals surface area contributed by atoms with Gasteiger partial charge in [-0.15, -0.1) is 0 Å². The van der Waals surface area contributed by atoms with E-state index in [1.165, 1.54) is 12.0 Å². The molecule has 0 aliphatic heterocycles. The van der Waals surface area contributed by atoms with Crippen LogP contribution in [0.4, 0.5) is 0 Å². The Morgan fingerprint density at radius 3 is 2.53 bits per heavy atom. The first-order valence-electron chi connectivity index (χ1n) is 6.36. The van der Waals surface area contributed by atoms with Gasteiger partial charge in [0.2, 0.25) is 5.91 Å². The van der Waals surface area contributed by atoms with Gasteiger partial charge >= 0.3 is 5.97 Å². The average molecular weight is 263 g/mol. The van der Waals surface area contributed by atoms with Gasteiger partial charge in [0.1, 0.15) is 6.54 Å². The maximum absolute atomic E-state index is 12.2. The van der Waals surface area contributed by atoms with Crippen LogP contribution < -0.4 is 0 Å². The van der Waals surface area contributed by atoms with E-state index in [0.717, 1.165) is 11.1 Å². The van der Waals surface area contributed by atoms with Crippen LogP contribution in [0.1, 0.15) is 25.0 Å². The summed E-state index contributed by atoms with van der Waals surface area (Å²) in [6.45, 7) is 5.76. The van der Waals surface area contributed by atoms with E-state index in [0.29, 0.717) is 6.42 Å². The lowest BCUT2D eigenvalue weighted by molar-refractivity contribution is -0.148. The Morgan fingerprint density at radius 1 is 1.32 bits per heavy atom. The third-order valence-electron chi connectivity index (χ3n) is 2.91. The lowest BCUT2D eigenvalue weighted by Gasteiger charge is -2.25. The van der Waals surface area contributed by atoms with Crippen molar-refractivity contribution in [3.63, 3.8) is 0 Å². The van der Waals surface area contributed by atoms with Crippen LogP contribution in [-0.2, 0) is 20.7 Å². The lowest BCUT2D eigenvalue weighted by atomic mass is 10.1. The number of amides is 1. The molecule has 0 aliphatic rings. The summed E-state index contributed by atoms with van der Waals surface area (Å²) in [6.07, 6.45) is 0.302. The van der Waals surface area contributed by atoms with Crippen molar-refractivity contribution in [2.45, 2.75) is 33.2 Å². The number of benzene rings is 1. The number of ether oxygens (including phenoxy) is 1. The van der Waals surface area contributed by atoms with Crippen molar-refractivity contribution in [2.24, 2.45) is 0 Å². The molecule has 0 heterocycles. The highest BCUT2D eigenvalue weighted by Crippen LogP contribution is 2.08. The number of aryl methyl sites for hydroxylation is 1. The molecular formula is C15H21NO3. The van der Waals surface area contributed by atoms with Gasteiger partial charge in [0.05, 0.1) is 13.5 Å². The summed E-state index contributed by atoms with van der Waals surface area (Å²) in [5, 5.41) is 0. The molecule has 0 spiro atoms. The summed E-state index contributed by atoms with van der Waals surface area (Å²) < 4.78 is 4.62. The van der Waals surface area contributed by atoms with Crippen molar-refractivity contribution < 1.29 is 14.3 Å². The van der Waals surface area contributed by atoms with Crippen LogP contribution in [0.15, 0.2) is 24.3 Å². The highest BCUT2D eigenvalue weighted by Gasteiger charge is 2.20. The van der Waals surface area contributed by atoms with Crippen LogP contribution in [0.25, 0.3) is 0 Å². The van der Waals surface area contributed by atoms with Gasteiger partial charge in [0.15, 0.2) is 0 Å². The molecular weight excluding hydrogens is 242 g/mol. The first-order chi connectivity index (χ1) is 8.93. The molecule has 0 unspecified atom stereocenters. The van der Waals surface area contributed by atoms with Gasteiger partial charge in [-0.1, -0.05) is 29.8 Å². The largest absolute Gasteiger partial charge is 0.468 e. The minimum atomic E-state index is -0.397. The van der Waals surface area contributed by atoms with Crippen LogP contribution in [0.2, 0.25) is 0 Å². The second-order valence-corrected chi connectivity index (χ2v) is 4.86. The summed E-state index contributed by atoms with van der Waals surface area (Å²) in [4.78, 5) is 25.1. The molecule has 0 atom stereocenters. The first-order valence-corrected chi connectivity index (χ1v) is 6.36. The van der Waals surface area contributed by atoms with Crippen molar-refractivity contribution in [2.75, 3.05) is 13.7 Å². The smallest absolute Gasteiger partial charge is 0.325 e. The Kier molecular flexibility index (Phi) is 5.55. The number of rotatable bonds is 5.